The minimum atomic E-state index is -0.0302. The summed E-state index contributed by atoms with van der Waals surface area (Å²) in [6.45, 7) is 0. The van der Waals surface area contributed by atoms with Gasteiger partial charge in [0.05, 0.1) is 0 Å². The molecule has 0 aliphatic heterocycles. The van der Waals surface area contributed by atoms with Gasteiger partial charge in [0.2, 0.25) is 0 Å². The van der Waals surface area contributed by atoms with Crippen LogP contribution in [0.3, 0.4) is 0 Å². The van der Waals surface area contributed by atoms with Crippen molar-refractivity contribution in [3.8, 4) is 0 Å². The summed E-state index contributed by atoms with van der Waals surface area (Å²) in [6.07, 6.45) is 2.90. The third-order valence-electron chi connectivity index (χ3n) is 0.858. The summed E-state index contributed by atoms with van der Waals surface area (Å²) in [5, 5.41) is 6.92. The van der Waals surface area contributed by atoms with Gasteiger partial charge in [-0.3, -0.25) is 5.41 Å². The summed E-state index contributed by atoms with van der Waals surface area (Å²) in [5.41, 5.74) is 5.57. The highest BCUT2D eigenvalue weighted by Crippen LogP contribution is 1.85. The van der Waals surface area contributed by atoms with E-state index >= 15 is 0 Å². The summed E-state index contributed by atoms with van der Waals surface area (Å²) in [6, 6.07) is 1.59. The van der Waals surface area contributed by atoms with Crippen molar-refractivity contribution in [2.45, 2.75) is 0 Å². The van der Waals surface area contributed by atoms with E-state index in [0.29, 0.717) is 5.69 Å². The monoisotopic (exact) mass is 122 g/mol. The molecule has 0 aromatic carbocycles. The number of amidine groups is 1. The van der Waals surface area contributed by atoms with E-state index in [2.05, 4.69) is 9.97 Å². The van der Waals surface area contributed by atoms with Crippen molar-refractivity contribution in [1.82, 2.24) is 9.97 Å². The van der Waals surface area contributed by atoms with Crippen LogP contribution in [-0.4, -0.2) is 15.8 Å². The number of hydrogen-bond acceptors (Lipinski definition) is 3. The molecule has 0 aliphatic carbocycles. The summed E-state index contributed by atoms with van der Waals surface area (Å²) < 4.78 is 0. The van der Waals surface area contributed by atoms with E-state index in [-0.39, 0.29) is 5.84 Å². The van der Waals surface area contributed by atoms with Gasteiger partial charge in [-0.2, -0.15) is 0 Å². The highest BCUT2D eigenvalue weighted by molar-refractivity contribution is 5.92. The molecule has 0 fully saturated rings. The fourth-order valence-corrected chi connectivity index (χ4v) is 0.450. The van der Waals surface area contributed by atoms with Crippen LogP contribution in [-0.2, 0) is 0 Å². The molecule has 0 radical (unpaired) electrons. The molecule has 1 rings (SSSR count). The highest BCUT2D eigenvalue weighted by atomic mass is 14.9. The number of nitrogens with one attached hydrogen (secondary N) is 1. The van der Waals surface area contributed by atoms with Crippen LogP contribution in [0.2, 0.25) is 0 Å². The third-order valence-corrected chi connectivity index (χ3v) is 0.858. The highest BCUT2D eigenvalue weighted by Gasteiger charge is 1.92. The molecule has 4 heteroatoms. The van der Waals surface area contributed by atoms with Crippen LogP contribution in [0.25, 0.3) is 0 Å². The largest absolute Gasteiger partial charge is 0.382 e. The van der Waals surface area contributed by atoms with Crippen LogP contribution >= 0.6 is 0 Å². The van der Waals surface area contributed by atoms with Gasteiger partial charge >= 0.3 is 0 Å². The Hall–Kier alpha value is -1.45. The lowest BCUT2D eigenvalue weighted by Crippen LogP contribution is -2.12. The first-order chi connectivity index (χ1) is 4.30. The van der Waals surface area contributed by atoms with E-state index in [4.69, 9.17) is 11.1 Å². The molecule has 0 saturated heterocycles. The molecule has 0 unspecified atom stereocenters. The fourth-order valence-electron chi connectivity index (χ4n) is 0.450. The molecule has 0 amide bonds. The summed E-state index contributed by atoms with van der Waals surface area (Å²) in [7, 11) is 0. The lowest BCUT2D eigenvalue weighted by atomic mass is 10.4. The molecule has 0 bridgehead atoms. The summed E-state index contributed by atoms with van der Waals surface area (Å²) >= 11 is 0. The van der Waals surface area contributed by atoms with Gasteiger partial charge in [0.25, 0.3) is 0 Å². The van der Waals surface area contributed by atoms with E-state index < -0.39 is 0 Å². The maximum absolute atomic E-state index is 6.92. The Labute approximate surface area is 52.3 Å². The zero-order valence-corrected chi connectivity index (χ0v) is 4.70. The van der Waals surface area contributed by atoms with Gasteiger partial charge in [-0.1, -0.05) is 0 Å². The molecule has 0 aliphatic rings. The van der Waals surface area contributed by atoms with Crippen LogP contribution < -0.4 is 5.73 Å². The third kappa shape index (κ3) is 1.22. The molecule has 1 aromatic rings. The predicted molar refractivity (Wildman–Crippen MR) is 33.0 cm³/mol. The van der Waals surface area contributed by atoms with Crippen molar-refractivity contribution in [1.29, 1.82) is 5.41 Å². The van der Waals surface area contributed by atoms with E-state index in [1.54, 1.807) is 12.3 Å². The zero-order valence-electron chi connectivity index (χ0n) is 4.70. The van der Waals surface area contributed by atoms with Crippen molar-refractivity contribution < 1.29 is 0 Å². The first-order valence-electron chi connectivity index (χ1n) is 2.41. The number of nitrogen functional groups attached to an aromatic ring is 1. The Bertz CT molecular complexity index is 205. The zero-order chi connectivity index (χ0) is 6.69. The second-order valence-corrected chi connectivity index (χ2v) is 1.51. The molecule has 4 nitrogen and oxygen atoms in total. The van der Waals surface area contributed by atoms with Crippen molar-refractivity contribution >= 4 is 5.84 Å². The molecular formula is C5H6N4. The predicted octanol–water partition coefficient (Wildman–Crippen LogP) is -0.239. The maximum atomic E-state index is 6.92. The van der Waals surface area contributed by atoms with E-state index in [9.17, 15) is 0 Å². The quantitative estimate of drug-likeness (QED) is 0.398. The first-order valence-corrected chi connectivity index (χ1v) is 2.41. The molecule has 0 spiro atoms. The van der Waals surface area contributed by atoms with Crippen LogP contribution in [0.5, 0.6) is 0 Å². The topological polar surface area (TPSA) is 75.7 Å². The lowest BCUT2D eigenvalue weighted by Gasteiger charge is -1.91. The maximum Gasteiger partial charge on any atom is 0.141 e. The summed E-state index contributed by atoms with van der Waals surface area (Å²) in [5.74, 6) is -0.0302. The van der Waals surface area contributed by atoms with Gasteiger partial charge in [0.1, 0.15) is 17.9 Å². The standard InChI is InChI=1S/C5H6N4/c6-5(7)4-1-2-8-3-9-4/h1-3H,(H3,6,7). The Morgan fingerprint density at radius 3 is 2.78 bits per heavy atom. The van der Waals surface area contributed by atoms with Gasteiger partial charge < -0.3 is 5.73 Å². The van der Waals surface area contributed by atoms with Crippen LogP contribution in [0.4, 0.5) is 0 Å². The van der Waals surface area contributed by atoms with Gasteiger partial charge in [-0.15, -0.1) is 0 Å². The first kappa shape index (κ1) is 5.68. The molecule has 0 atom stereocenters. The number of rotatable bonds is 1. The van der Waals surface area contributed by atoms with Gasteiger partial charge in [-0.25, -0.2) is 9.97 Å². The second kappa shape index (κ2) is 2.21. The Morgan fingerprint density at radius 2 is 2.44 bits per heavy atom. The average molecular weight is 122 g/mol. The molecule has 3 N–H and O–H groups in total. The van der Waals surface area contributed by atoms with Crippen molar-refractivity contribution in [3.63, 3.8) is 0 Å². The van der Waals surface area contributed by atoms with Crippen LogP contribution in [0, 0.1) is 5.41 Å². The molecule has 0 saturated carbocycles. The van der Waals surface area contributed by atoms with E-state index in [0.717, 1.165) is 0 Å². The average Bonchev–Trinajstić information content (AvgIpc) is 1.90. The van der Waals surface area contributed by atoms with Crippen molar-refractivity contribution in [3.05, 3.63) is 24.3 Å². The van der Waals surface area contributed by atoms with Gasteiger partial charge in [-0.05, 0) is 6.07 Å². The molecule has 1 aromatic heterocycles. The second-order valence-electron chi connectivity index (χ2n) is 1.51. The Morgan fingerprint density at radius 1 is 1.67 bits per heavy atom. The molecule has 9 heavy (non-hydrogen) atoms. The fraction of sp³-hybridized carbons (Fsp3) is 0. The Balaban J connectivity index is 2.98. The van der Waals surface area contributed by atoms with E-state index in [1.165, 1.54) is 6.33 Å². The molecular weight excluding hydrogens is 116 g/mol. The lowest BCUT2D eigenvalue weighted by molar-refractivity contribution is 1.14. The van der Waals surface area contributed by atoms with Crippen LogP contribution in [0.1, 0.15) is 5.69 Å². The number of hydrogen-bond donors (Lipinski definition) is 2. The van der Waals surface area contributed by atoms with Crippen LogP contribution in [0.15, 0.2) is 18.6 Å². The van der Waals surface area contributed by atoms with Gasteiger partial charge in [0.15, 0.2) is 0 Å². The van der Waals surface area contributed by atoms with E-state index in [1.807, 2.05) is 0 Å². The number of aromatic nitrogens is 2. The summed E-state index contributed by atoms with van der Waals surface area (Å²) in [4.78, 5) is 7.38. The normalized spacial score (nSPS) is 8.89. The minimum Gasteiger partial charge on any atom is -0.382 e. The SMILES string of the molecule is N=C(N)c1ccncn1. The van der Waals surface area contributed by atoms with Crippen molar-refractivity contribution in [2.75, 3.05) is 0 Å². The molecule has 46 valence electrons. The Kier molecular flexibility index (Phi) is 1.40. The van der Waals surface area contributed by atoms with Crippen molar-refractivity contribution in [2.24, 2.45) is 5.73 Å². The smallest absolute Gasteiger partial charge is 0.141 e. The minimum absolute atomic E-state index is 0.0302. The molecule has 1 heterocycles. The number of nitrogens with zero attached hydrogens (tertiary/aromatic N) is 2. The van der Waals surface area contributed by atoms with Gasteiger partial charge in [0, 0.05) is 6.20 Å². The number of nitrogens with two attached hydrogens (primary N) is 1.